The fraction of sp³-hybridized carbons (Fsp3) is 0.238. The molecule has 1 aromatic heterocycles. The molecule has 0 aliphatic carbocycles. The number of methoxy groups -OCH3 is 4. The molecular weight excluding hydrogens is 376 g/mol. The molecule has 2 aromatic carbocycles. The molecule has 0 atom stereocenters. The number of ether oxygens (including phenoxy) is 4. The summed E-state index contributed by atoms with van der Waals surface area (Å²) >= 11 is 0. The summed E-state index contributed by atoms with van der Waals surface area (Å²) in [7, 11) is 6.06. The van der Waals surface area contributed by atoms with Crippen LogP contribution in [0.4, 0.5) is 5.69 Å². The van der Waals surface area contributed by atoms with Crippen molar-refractivity contribution >= 4 is 5.69 Å². The number of benzene rings is 2. The summed E-state index contributed by atoms with van der Waals surface area (Å²) in [6.07, 6.45) is 0. The molecule has 8 heteroatoms. The first-order chi connectivity index (χ1) is 14.0. The van der Waals surface area contributed by atoms with Gasteiger partial charge < -0.3 is 23.5 Å². The lowest BCUT2D eigenvalue weighted by molar-refractivity contribution is -0.385. The van der Waals surface area contributed by atoms with Gasteiger partial charge in [0, 0.05) is 17.3 Å². The summed E-state index contributed by atoms with van der Waals surface area (Å²) in [5, 5.41) is 11.5. The summed E-state index contributed by atoms with van der Waals surface area (Å²) in [5.74, 6) is 1.73. The van der Waals surface area contributed by atoms with Crippen molar-refractivity contribution in [2.75, 3.05) is 28.4 Å². The third kappa shape index (κ3) is 3.44. The standard InChI is InChI=1S/C21H22N2O6/c1-13-6-9-16(15-8-11-19(27-3)21(29-5)20(15)28-4)22(13)14-7-10-18(26-2)17(12-14)23(24)25/h6-12H,1-5H3. The van der Waals surface area contributed by atoms with Gasteiger partial charge in [0.15, 0.2) is 17.2 Å². The van der Waals surface area contributed by atoms with Crippen LogP contribution in [0.2, 0.25) is 0 Å². The first-order valence-electron chi connectivity index (χ1n) is 8.77. The Bertz CT molecular complexity index is 1060. The molecule has 0 radical (unpaired) electrons. The minimum Gasteiger partial charge on any atom is -0.493 e. The van der Waals surface area contributed by atoms with Crippen LogP contribution >= 0.6 is 0 Å². The van der Waals surface area contributed by atoms with Crippen molar-refractivity contribution < 1.29 is 23.9 Å². The van der Waals surface area contributed by atoms with Crippen LogP contribution in [0.15, 0.2) is 42.5 Å². The molecule has 0 amide bonds. The quantitative estimate of drug-likeness (QED) is 0.433. The van der Waals surface area contributed by atoms with Gasteiger partial charge in [0.25, 0.3) is 0 Å². The van der Waals surface area contributed by atoms with Gasteiger partial charge in [-0.3, -0.25) is 10.1 Å². The number of hydrogen-bond acceptors (Lipinski definition) is 6. The lowest BCUT2D eigenvalue weighted by Gasteiger charge is -2.18. The van der Waals surface area contributed by atoms with Gasteiger partial charge in [0.05, 0.1) is 44.7 Å². The van der Waals surface area contributed by atoms with Gasteiger partial charge >= 0.3 is 5.69 Å². The third-order valence-electron chi connectivity index (χ3n) is 4.67. The van der Waals surface area contributed by atoms with Crippen molar-refractivity contribution in [3.05, 3.63) is 58.3 Å². The molecule has 1 heterocycles. The van der Waals surface area contributed by atoms with E-state index in [1.165, 1.54) is 13.2 Å². The highest BCUT2D eigenvalue weighted by atomic mass is 16.6. The Morgan fingerprint density at radius 2 is 1.48 bits per heavy atom. The van der Waals surface area contributed by atoms with Crippen LogP contribution in [-0.2, 0) is 0 Å². The zero-order valence-electron chi connectivity index (χ0n) is 16.9. The Balaban J connectivity index is 2.25. The molecule has 0 aliphatic rings. The normalized spacial score (nSPS) is 10.5. The van der Waals surface area contributed by atoms with Crippen molar-refractivity contribution in [3.63, 3.8) is 0 Å². The highest BCUT2D eigenvalue weighted by Gasteiger charge is 2.22. The first kappa shape index (κ1) is 20.1. The predicted molar refractivity (Wildman–Crippen MR) is 109 cm³/mol. The van der Waals surface area contributed by atoms with E-state index >= 15 is 0 Å². The van der Waals surface area contributed by atoms with Crippen molar-refractivity contribution in [1.82, 2.24) is 4.57 Å². The number of nitro benzene ring substituents is 1. The van der Waals surface area contributed by atoms with Crippen LogP contribution in [0, 0.1) is 17.0 Å². The Morgan fingerprint density at radius 3 is 2.07 bits per heavy atom. The maximum Gasteiger partial charge on any atom is 0.312 e. The molecule has 0 saturated carbocycles. The SMILES string of the molecule is COc1ccc(-n2c(C)ccc2-c2ccc(OC)c(OC)c2OC)cc1[N+](=O)[O-]. The minimum absolute atomic E-state index is 0.108. The molecule has 3 rings (SSSR count). The van der Waals surface area contributed by atoms with Crippen LogP contribution in [0.25, 0.3) is 16.9 Å². The predicted octanol–water partition coefficient (Wildman–Crippen LogP) is 4.40. The van der Waals surface area contributed by atoms with Gasteiger partial charge in [0.2, 0.25) is 5.75 Å². The maximum atomic E-state index is 11.5. The lowest BCUT2D eigenvalue weighted by atomic mass is 10.1. The number of aromatic nitrogens is 1. The third-order valence-corrected chi connectivity index (χ3v) is 4.67. The topological polar surface area (TPSA) is 85.0 Å². The number of hydrogen-bond donors (Lipinski definition) is 0. The van der Waals surface area contributed by atoms with E-state index in [0.717, 1.165) is 17.0 Å². The van der Waals surface area contributed by atoms with Crippen LogP contribution in [0.1, 0.15) is 5.69 Å². The molecule has 0 fully saturated rings. The van der Waals surface area contributed by atoms with Gasteiger partial charge in [-0.15, -0.1) is 0 Å². The molecule has 8 nitrogen and oxygen atoms in total. The molecule has 0 unspecified atom stereocenters. The first-order valence-corrected chi connectivity index (χ1v) is 8.77. The van der Waals surface area contributed by atoms with E-state index in [1.54, 1.807) is 39.5 Å². The van der Waals surface area contributed by atoms with Crippen molar-refractivity contribution in [2.24, 2.45) is 0 Å². The van der Waals surface area contributed by atoms with E-state index in [1.807, 2.05) is 29.7 Å². The van der Waals surface area contributed by atoms with E-state index in [2.05, 4.69) is 0 Å². The highest BCUT2D eigenvalue weighted by Crippen LogP contribution is 2.45. The second-order valence-electron chi connectivity index (χ2n) is 6.19. The highest BCUT2D eigenvalue weighted by molar-refractivity contribution is 5.76. The van der Waals surface area contributed by atoms with E-state index in [0.29, 0.717) is 22.9 Å². The summed E-state index contributed by atoms with van der Waals surface area (Å²) in [6.45, 7) is 1.92. The molecule has 0 N–H and O–H groups in total. The molecule has 0 spiro atoms. The molecule has 0 saturated heterocycles. The summed E-state index contributed by atoms with van der Waals surface area (Å²) in [4.78, 5) is 11.0. The zero-order valence-corrected chi connectivity index (χ0v) is 16.9. The number of aryl methyl sites for hydroxylation is 1. The Labute approximate surface area is 168 Å². The Morgan fingerprint density at radius 1 is 0.828 bits per heavy atom. The van der Waals surface area contributed by atoms with Crippen molar-refractivity contribution in [3.8, 4) is 39.9 Å². The largest absolute Gasteiger partial charge is 0.493 e. The fourth-order valence-corrected chi connectivity index (χ4v) is 3.35. The van der Waals surface area contributed by atoms with E-state index in [-0.39, 0.29) is 11.4 Å². The lowest BCUT2D eigenvalue weighted by Crippen LogP contribution is -2.03. The van der Waals surface area contributed by atoms with E-state index in [4.69, 9.17) is 18.9 Å². The average molecular weight is 398 g/mol. The van der Waals surface area contributed by atoms with Gasteiger partial charge in [-0.05, 0) is 43.3 Å². The smallest absolute Gasteiger partial charge is 0.312 e. The average Bonchev–Trinajstić information content (AvgIpc) is 3.12. The van der Waals surface area contributed by atoms with Crippen LogP contribution in [-0.4, -0.2) is 37.9 Å². The molecule has 3 aromatic rings. The van der Waals surface area contributed by atoms with E-state index in [9.17, 15) is 10.1 Å². The number of rotatable bonds is 7. The van der Waals surface area contributed by atoms with Gasteiger partial charge in [-0.2, -0.15) is 0 Å². The molecular formula is C21H22N2O6. The monoisotopic (exact) mass is 398 g/mol. The number of nitrogens with zero attached hydrogens (tertiary/aromatic N) is 2. The second-order valence-corrected chi connectivity index (χ2v) is 6.19. The Hall–Kier alpha value is -3.68. The molecule has 0 aliphatic heterocycles. The van der Waals surface area contributed by atoms with Crippen LogP contribution in [0.5, 0.6) is 23.0 Å². The summed E-state index contributed by atoms with van der Waals surface area (Å²) in [6, 6.07) is 12.4. The van der Waals surface area contributed by atoms with E-state index < -0.39 is 4.92 Å². The minimum atomic E-state index is -0.460. The van der Waals surface area contributed by atoms with Crippen molar-refractivity contribution in [2.45, 2.75) is 6.92 Å². The molecule has 152 valence electrons. The fourth-order valence-electron chi connectivity index (χ4n) is 3.35. The molecule has 0 bridgehead atoms. The summed E-state index contributed by atoms with van der Waals surface area (Å²) < 4.78 is 23.5. The van der Waals surface area contributed by atoms with Crippen LogP contribution < -0.4 is 18.9 Å². The van der Waals surface area contributed by atoms with Gasteiger partial charge in [-0.1, -0.05) is 0 Å². The maximum absolute atomic E-state index is 11.5. The zero-order chi connectivity index (χ0) is 21.1. The van der Waals surface area contributed by atoms with Crippen molar-refractivity contribution in [1.29, 1.82) is 0 Å². The Kier molecular flexibility index (Phi) is 5.63. The van der Waals surface area contributed by atoms with Gasteiger partial charge in [0.1, 0.15) is 0 Å². The van der Waals surface area contributed by atoms with Gasteiger partial charge in [-0.25, -0.2) is 0 Å². The molecule has 29 heavy (non-hydrogen) atoms. The van der Waals surface area contributed by atoms with Crippen LogP contribution in [0.3, 0.4) is 0 Å². The summed E-state index contributed by atoms with van der Waals surface area (Å²) in [5.41, 5.74) is 2.97. The number of nitro groups is 1. The second kappa shape index (κ2) is 8.14.